The Morgan fingerprint density at radius 1 is 1.29 bits per heavy atom. The fraction of sp³-hybridized carbons (Fsp3) is 0.400. The average molecular weight is 368 g/mol. The third-order valence-electron chi connectivity index (χ3n) is 2.93. The van der Waals surface area contributed by atoms with Gasteiger partial charge in [0.25, 0.3) is 0 Å². The van der Waals surface area contributed by atoms with Gasteiger partial charge in [0, 0.05) is 20.3 Å². The van der Waals surface area contributed by atoms with Crippen molar-refractivity contribution in [1.82, 2.24) is 15.5 Å². The van der Waals surface area contributed by atoms with Crippen LogP contribution in [-0.2, 0) is 9.53 Å². The van der Waals surface area contributed by atoms with Crippen molar-refractivity contribution >= 4 is 39.8 Å². The van der Waals surface area contributed by atoms with E-state index in [1.54, 1.807) is 14.2 Å². The number of aromatic nitrogens is 2. The molecule has 24 heavy (non-hydrogen) atoms. The average Bonchev–Trinajstić information content (AvgIpc) is 3.05. The summed E-state index contributed by atoms with van der Waals surface area (Å²) in [6.07, 6.45) is 0.804. The molecule has 1 heterocycles. The van der Waals surface area contributed by atoms with Crippen molar-refractivity contribution in [2.24, 2.45) is 0 Å². The summed E-state index contributed by atoms with van der Waals surface area (Å²) in [5.74, 6) is 1.03. The molecule has 0 aliphatic carbocycles. The lowest BCUT2D eigenvalue weighted by Crippen LogP contribution is -2.26. The van der Waals surface area contributed by atoms with Crippen molar-refractivity contribution in [2.45, 2.75) is 10.8 Å². The van der Waals surface area contributed by atoms with Gasteiger partial charge < -0.3 is 20.1 Å². The van der Waals surface area contributed by atoms with E-state index < -0.39 is 0 Å². The van der Waals surface area contributed by atoms with Gasteiger partial charge >= 0.3 is 0 Å². The maximum absolute atomic E-state index is 11.7. The quantitative estimate of drug-likeness (QED) is 0.492. The topological polar surface area (TPSA) is 85.4 Å². The summed E-state index contributed by atoms with van der Waals surface area (Å²) >= 11 is 2.76. The van der Waals surface area contributed by atoms with Crippen LogP contribution in [0.3, 0.4) is 0 Å². The Hall–Kier alpha value is -1.84. The number of thioether (sulfide) groups is 1. The number of amides is 1. The van der Waals surface area contributed by atoms with Crippen molar-refractivity contribution in [3.8, 4) is 5.75 Å². The third kappa shape index (κ3) is 5.99. The minimum absolute atomic E-state index is 0.0226. The van der Waals surface area contributed by atoms with Crippen LogP contribution in [-0.4, -0.2) is 49.2 Å². The molecule has 9 heteroatoms. The maximum Gasteiger partial charge on any atom is 0.230 e. The van der Waals surface area contributed by atoms with E-state index in [0.717, 1.165) is 22.2 Å². The lowest BCUT2D eigenvalue weighted by molar-refractivity contribution is -0.118. The summed E-state index contributed by atoms with van der Waals surface area (Å²) < 4.78 is 11.0. The van der Waals surface area contributed by atoms with Crippen LogP contribution >= 0.6 is 23.1 Å². The molecule has 1 amide bonds. The van der Waals surface area contributed by atoms with Gasteiger partial charge in [-0.15, -0.1) is 10.2 Å². The Kier molecular flexibility index (Phi) is 7.80. The number of rotatable bonds is 10. The minimum Gasteiger partial charge on any atom is -0.495 e. The molecule has 0 aliphatic rings. The number of hydrogen-bond acceptors (Lipinski definition) is 8. The molecule has 2 rings (SSSR count). The Bertz CT molecular complexity index is 651. The summed E-state index contributed by atoms with van der Waals surface area (Å²) in [7, 11) is 3.26. The van der Waals surface area contributed by atoms with E-state index in [9.17, 15) is 4.79 Å². The first-order valence-electron chi connectivity index (χ1n) is 7.35. The Morgan fingerprint density at radius 3 is 2.92 bits per heavy atom. The summed E-state index contributed by atoms with van der Waals surface area (Å²) in [5.41, 5.74) is 0.823. The van der Waals surface area contributed by atoms with E-state index in [1.807, 2.05) is 24.3 Å². The second kappa shape index (κ2) is 10.1. The number of para-hydroxylation sites is 2. The fourth-order valence-electron chi connectivity index (χ4n) is 1.80. The number of anilines is 2. The Balaban J connectivity index is 1.79. The largest absolute Gasteiger partial charge is 0.495 e. The van der Waals surface area contributed by atoms with Gasteiger partial charge in [0.05, 0.1) is 18.6 Å². The second-order valence-corrected chi connectivity index (χ2v) is 6.88. The first kappa shape index (κ1) is 18.5. The van der Waals surface area contributed by atoms with Crippen molar-refractivity contribution in [3.63, 3.8) is 0 Å². The number of carbonyl (C=O) groups excluding carboxylic acids is 1. The molecule has 130 valence electrons. The number of hydrogen-bond donors (Lipinski definition) is 2. The first-order chi connectivity index (χ1) is 11.7. The number of carbonyl (C=O) groups is 1. The van der Waals surface area contributed by atoms with Crippen molar-refractivity contribution in [2.75, 3.05) is 38.4 Å². The van der Waals surface area contributed by atoms with E-state index in [1.165, 1.54) is 23.1 Å². The van der Waals surface area contributed by atoms with Crippen molar-refractivity contribution in [3.05, 3.63) is 24.3 Å². The molecular formula is C15H20N4O3S2. The van der Waals surface area contributed by atoms with E-state index in [4.69, 9.17) is 9.47 Å². The number of methoxy groups -OCH3 is 2. The van der Waals surface area contributed by atoms with Gasteiger partial charge in [-0.05, 0) is 18.6 Å². The molecule has 0 unspecified atom stereocenters. The maximum atomic E-state index is 11.7. The van der Waals surface area contributed by atoms with Crippen molar-refractivity contribution < 1.29 is 14.3 Å². The summed E-state index contributed by atoms with van der Waals surface area (Å²) in [4.78, 5) is 11.7. The van der Waals surface area contributed by atoms with Crippen LogP contribution in [0.5, 0.6) is 5.75 Å². The first-order valence-corrected chi connectivity index (χ1v) is 9.15. The zero-order valence-corrected chi connectivity index (χ0v) is 15.2. The highest BCUT2D eigenvalue weighted by atomic mass is 32.2. The summed E-state index contributed by atoms with van der Waals surface area (Å²) in [6.45, 7) is 1.26. The third-order valence-corrected chi connectivity index (χ3v) is 4.90. The fourth-order valence-corrected chi connectivity index (χ4v) is 3.40. The van der Waals surface area contributed by atoms with E-state index in [2.05, 4.69) is 20.8 Å². The van der Waals surface area contributed by atoms with Crippen LogP contribution in [0.4, 0.5) is 10.8 Å². The molecule has 0 radical (unpaired) electrons. The Morgan fingerprint density at radius 2 is 2.12 bits per heavy atom. The van der Waals surface area contributed by atoms with Gasteiger partial charge in [0.15, 0.2) is 4.34 Å². The molecule has 1 aromatic carbocycles. The molecule has 2 aromatic rings. The molecule has 0 fully saturated rings. The molecule has 2 N–H and O–H groups in total. The minimum atomic E-state index is -0.0226. The van der Waals surface area contributed by atoms with Crippen LogP contribution in [0.15, 0.2) is 28.6 Å². The molecule has 0 spiro atoms. The Labute approximate surface area is 149 Å². The van der Waals surface area contributed by atoms with Crippen LogP contribution in [0.25, 0.3) is 0 Å². The number of nitrogens with one attached hydrogen (secondary N) is 2. The van der Waals surface area contributed by atoms with Gasteiger partial charge in [-0.2, -0.15) is 0 Å². The summed E-state index contributed by atoms with van der Waals surface area (Å²) in [6, 6.07) is 7.58. The van der Waals surface area contributed by atoms with Crippen LogP contribution in [0, 0.1) is 0 Å². The van der Waals surface area contributed by atoms with Gasteiger partial charge in [-0.25, -0.2) is 0 Å². The smallest absolute Gasteiger partial charge is 0.230 e. The van der Waals surface area contributed by atoms with Gasteiger partial charge in [0.1, 0.15) is 5.75 Å². The highest BCUT2D eigenvalue weighted by Crippen LogP contribution is 2.31. The molecule has 0 bridgehead atoms. The molecule has 0 saturated carbocycles. The highest BCUT2D eigenvalue weighted by Gasteiger charge is 2.09. The predicted molar refractivity (Wildman–Crippen MR) is 96.4 cm³/mol. The molecule has 0 saturated heterocycles. The predicted octanol–water partition coefficient (Wildman–Crippen LogP) is 2.54. The number of ether oxygens (including phenoxy) is 2. The standard InChI is InChI=1S/C15H20N4O3S2/c1-21-9-5-8-16-13(20)10-23-15-19-18-14(24-15)17-11-6-3-4-7-12(11)22-2/h3-4,6-7H,5,8-10H2,1-2H3,(H,16,20)(H,17,18). The summed E-state index contributed by atoms with van der Waals surface area (Å²) in [5, 5.41) is 14.8. The molecule has 0 atom stereocenters. The van der Waals surface area contributed by atoms with Gasteiger partial charge in [-0.1, -0.05) is 35.2 Å². The van der Waals surface area contributed by atoms with E-state index in [0.29, 0.717) is 24.0 Å². The second-order valence-electron chi connectivity index (χ2n) is 4.68. The SMILES string of the molecule is COCCCNC(=O)CSc1nnc(Nc2ccccc2OC)s1. The van der Waals surface area contributed by atoms with Crippen LogP contribution in [0.2, 0.25) is 0 Å². The lowest BCUT2D eigenvalue weighted by atomic mass is 10.3. The number of benzene rings is 1. The highest BCUT2D eigenvalue weighted by molar-refractivity contribution is 8.01. The van der Waals surface area contributed by atoms with E-state index >= 15 is 0 Å². The molecule has 0 aliphatic heterocycles. The van der Waals surface area contributed by atoms with Gasteiger partial charge in [-0.3, -0.25) is 4.79 Å². The van der Waals surface area contributed by atoms with Crippen LogP contribution in [0.1, 0.15) is 6.42 Å². The molecule has 7 nitrogen and oxygen atoms in total. The zero-order chi connectivity index (χ0) is 17.2. The normalized spacial score (nSPS) is 10.4. The zero-order valence-electron chi connectivity index (χ0n) is 13.6. The van der Waals surface area contributed by atoms with Gasteiger partial charge in [0.2, 0.25) is 11.0 Å². The lowest BCUT2D eigenvalue weighted by Gasteiger charge is -2.07. The molecular weight excluding hydrogens is 348 g/mol. The van der Waals surface area contributed by atoms with Crippen LogP contribution < -0.4 is 15.4 Å². The van der Waals surface area contributed by atoms with E-state index in [-0.39, 0.29) is 5.91 Å². The van der Waals surface area contributed by atoms with Crippen molar-refractivity contribution in [1.29, 1.82) is 0 Å². The monoisotopic (exact) mass is 368 g/mol. The molecule has 1 aromatic heterocycles. The number of nitrogens with zero attached hydrogens (tertiary/aromatic N) is 2.